The van der Waals surface area contributed by atoms with Gasteiger partial charge in [0.2, 0.25) is 65.0 Å². The first kappa shape index (κ1) is 56.9. The van der Waals surface area contributed by atoms with Crippen LogP contribution < -0.4 is 60.5 Å². The number of nitrogens with zero attached hydrogens (tertiary/aromatic N) is 3. The molecular weight excluding hydrogens is 921 g/mol. The average molecular weight is 987 g/mol. The number of amides is 12. The molecule has 0 bridgehead atoms. The van der Waals surface area contributed by atoms with E-state index >= 15 is 0 Å². The zero-order valence-corrected chi connectivity index (χ0v) is 39.5. The fourth-order valence-electron chi connectivity index (χ4n) is 7.47. The van der Waals surface area contributed by atoms with Gasteiger partial charge in [-0.05, 0) is 62.8 Å². The van der Waals surface area contributed by atoms with Gasteiger partial charge in [-0.25, -0.2) is 5.01 Å². The third-order valence-electron chi connectivity index (χ3n) is 11.5. The fraction of sp³-hybridized carbons (Fsp3) is 0.581. The fourth-order valence-corrected chi connectivity index (χ4v) is 7.47. The van der Waals surface area contributed by atoms with E-state index < -0.39 is 146 Å². The molecule has 27 heteroatoms. The molecule has 0 spiro atoms. The van der Waals surface area contributed by atoms with Crippen molar-refractivity contribution in [1.82, 2.24) is 52.4 Å². The number of nitrogens with one attached hydrogen (secondary N) is 7. The topological polar surface area (TPSA) is 423 Å². The summed E-state index contributed by atoms with van der Waals surface area (Å²) in [5.74, 6) is -10.1. The van der Waals surface area contributed by atoms with Crippen LogP contribution in [0, 0.1) is 5.92 Å². The average Bonchev–Trinajstić information content (AvgIpc) is 3.46. The molecule has 27 nitrogen and oxygen atoms in total. The van der Waals surface area contributed by atoms with Crippen molar-refractivity contribution in [3.63, 3.8) is 0 Å². The number of aromatic hydroxyl groups is 1. The summed E-state index contributed by atoms with van der Waals surface area (Å²) in [6, 6.07) is -1.86. The van der Waals surface area contributed by atoms with Crippen molar-refractivity contribution < 1.29 is 62.6 Å². The zero-order chi connectivity index (χ0) is 52.2. The first-order valence-corrected chi connectivity index (χ1v) is 22.8. The van der Waals surface area contributed by atoms with Crippen molar-refractivity contribution in [3.05, 3.63) is 29.8 Å². The van der Waals surface area contributed by atoms with Gasteiger partial charge in [-0.2, -0.15) is 0 Å². The number of primary amides is 3. The minimum Gasteiger partial charge on any atom is -0.508 e. The summed E-state index contributed by atoms with van der Waals surface area (Å²) in [6.45, 7) is 3.36. The molecule has 70 heavy (non-hydrogen) atoms. The molecule has 7 atom stereocenters. The Morgan fingerprint density at radius 1 is 0.843 bits per heavy atom. The number of carbonyl (C=O) groups is 12. The normalized spacial score (nSPS) is 18.5. The van der Waals surface area contributed by atoms with Crippen LogP contribution in [0.3, 0.4) is 0 Å². The summed E-state index contributed by atoms with van der Waals surface area (Å²) in [7, 11) is 0. The molecule has 386 valence electrons. The third-order valence-corrected chi connectivity index (χ3v) is 11.5. The number of carbonyl (C=O) groups excluding carboxylic acids is 12. The smallest absolute Gasteiger partial charge is 0.261 e. The van der Waals surface area contributed by atoms with Crippen LogP contribution in [0.4, 0.5) is 0 Å². The van der Waals surface area contributed by atoms with Crippen molar-refractivity contribution >= 4 is 70.9 Å². The molecule has 0 saturated carbocycles. The molecule has 16 N–H and O–H groups in total. The van der Waals surface area contributed by atoms with Crippen LogP contribution in [0.25, 0.3) is 0 Å². The number of hydrazine groups is 2. The molecule has 2 saturated heterocycles. The van der Waals surface area contributed by atoms with E-state index in [1.807, 2.05) is 13.8 Å². The SMILES string of the molecule is CC[C@H](C)CC(=O)N[C@@H](CCC(N)=O)C(=O)N[C@H]1CC(=O)NNN([C@@H](CCC(=O)NCC(=O)N[C@@H](Cc2ccc(O)cc2)C(N)=O)C(=O)N(CCCN)CC(=O)N[C@H]2CC(C)N(CC(N)=O)C2=O)C1=O. The van der Waals surface area contributed by atoms with Crippen LogP contribution in [0.2, 0.25) is 0 Å². The quantitative estimate of drug-likeness (QED) is 0.0373. The summed E-state index contributed by atoms with van der Waals surface area (Å²) >= 11 is 0. The second-order valence-corrected chi connectivity index (χ2v) is 17.2. The lowest BCUT2D eigenvalue weighted by Crippen LogP contribution is -2.63. The molecule has 2 fully saturated rings. The molecule has 12 amide bonds. The Hall–Kier alpha value is -7.42. The number of benzene rings is 1. The van der Waals surface area contributed by atoms with E-state index in [9.17, 15) is 62.6 Å². The Morgan fingerprint density at radius 2 is 1.51 bits per heavy atom. The zero-order valence-electron chi connectivity index (χ0n) is 39.5. The van der Waals surface area contributed by atoms with Gasteiger partial charge in [0.25, 0.3) is 5.91 Å². The van der Waals surface area contributed by atoms with E-state index in [0.29, 0.717) is 17.0 Å². The molecular formula is C43H66N14O13. The lowest BCUT2D eigenvalue weighted by atomic mass is 10.0. The van der Waals surface area contributed by atoms with Gasteiger partial charge < -0.3 is 64.4 Å². The van der Waals surface area contributed by atoms with E-state index in [1.54, 1.807) is 6.92 Å². The predicted octanol–water partition coefficient (Wildman–Crippen LogP) is -5.62. The van der Waals surface area contributed by atoms with E-state index in [2.05, 4.69) is 37.5 Å². The molecule has 3 rings (SSSR count). The number of hydrogen-bond donors (Lipinski definition) is 12. The summed E-state index contributed by atoms with van der Waals surface area (Å²) in [4.78, 5) is 159. The van der Waals surface area contributed by atoms with Crippen molar-refractivity contribution in [2.45, 2.75) is 121 Å². The lowest BCUT2D eigenvalue weighted by molar-refractivity contribution is -0.153. The third kappa shape index (κ3) is 18.2. The summed E-state index contributed by atoms with van der Waals surface area (Å²) in [5.41, 5.74) is 27.0. The minimum absolute atomic E-state index is 0.0165. The van der Waals surface area contributed by atoms with Gasteiger partial charge in [-0.3, -0.25) is 63.0 Å². The van der Waals surface area contributed by atoms with Crippen LogP contribution in [0.15, 0.2) is 24.3 Å². The molecule has 1 aromatic rings. The maximum atomic E-state index is 14.7. The van der Waals surface area contributed by atoms with Crippen LogP contribution in [-0.4, -0.2) is 160 Å². The van der Waals surface area contributed by atoms with E-state index in [1.165, 1.54) is 29.2 Å². The van der Waals surface area contributed by atoms with Crippen LogP contribution in [0.5, 0.6) is 5.75 Å². The molecule has 1 aromatic carbocycles. The van der Waals surface area contributed by atoms with Gasteiger partial charge in [0, 0.05) is 38.3 Å². The summed E-state index contributed by atoms with van der Waals surface area (Å²) in [6.07, 6.45) is -1.62. The molecule has 0 radical (unpaired) electrons. The molecule has 1 unspecified atom stereocenters. The van der Waals surface area contributed by atoms with Gasteiger partial charge in [0.05, 0.1) is 26.1 Å². The van der Waals surface area contributed by atoms with E-state index in [-0.39, 0.29) is 63.3 Å². The van der Waals surface area contributed by atoms with Crippen LogP contribution in [0.1, 0.15) is 84.1 Å². The predicted molar refractivity (Wildman–Crippen MR) is 245 cm³/mol. The Balaban J connectivity index is 1.91. The maximum Gasteiger partial charge on any atom is 0.261 e. The number of phenolic OH excluding ortho intramolecular Hbond substituents is 1. The highest BCUT2D eigenvalue weighted by Gasteiger charge is 2.42. The number of rotatable bonds is 28. The first-order chi connectivity index (χ1) is 33.0. The minimum atomic E-state index is -1.76. The van der Waals surface area contributed by atoms with E-state index in [0.717, 1.165) is 4.90 Å². The van der Waals surface area contributed by atoms with Crippen molar-refractivity contribution in [1.29, 1.82) is 0 Å². The van der Waals surface area contributed by atoms with Crippen molar-refractivity contribution in [3.8, 4) is 5.75 Å². The highest BCUT2D eigenvalue weighted by Crippen LogP contribution is 2.20. The molecule has 2 aliphatic heterocycles. The van der Waals surface area contributed by atoms with Gasteiger partial charge in [-0.15, -0.1) is 5.53 Å². The van der Waals surface area contributed by atoms with Gasteiger partial charge in [0.1, 0.15) is 36.0 Å². The van der Waals surface area contributed by atoms with Gasteiger partial charge >= 0.3 is 0 Å². The first-order valence-electron chi connectivity index (χ1n) is 22.8. The highest BCUT2D eigenvalue weighted by atomic mass is 16.3. The Bertz CT molecular complexity index is 2110. The number of likely N-dealkylation sites (tertiary alicyclic amines) is 1. The second kappa shape index (κ2) is 27.5. The Labute approximate surface area is 403 Å². The van der Waals surface area contributed by atoms with Crippen LogP contribution >= 0.6 is 0 Å². The second-order valence-electron chi connectivity index (χ2n) is 17.2. The van der Waals surface area contributed by atoms with Gasteiger partial charge in [0.15, 0.2) is 0 Å². The largest absolute Gasteiger partial charge is 0.508 e. The van der Waals surface area contributed by atoms with Crippen molar-refractivity contribution in [2.24, 2.45) is 28.9 Å². The monoisotopic (exact) mass is 986 g/mol. The maximum absolute atomic E-state index is 14.7. The Kier molecular flexibility index (Phi) is 22.4. The van der Waals surface area contributed by atoms with Crippen molar-refractivity contribution in [2.75, 3.05) is 32.7 Å². The Morgan fingerprint density at radius 3 is 2.13 bits per heavy atom. The summed E-state index contributed by atoms with van der Waals surface area (Å²) in [5, 5.41) is 22.5. The number of hydrogen-bond acceptors (Lipinski definition) is 15. The van der Waals surface area contributed by atoms with Gasteiger partial charge in [-0.1, -0.05) is 32.4 Å². The molecule has 2 aliphatic rings. The molecule has 2 heterocycles. The number of phenols is 1. The lowest BCUT2D eigenvalue weighted by Gasteiger charge is -2.35. The standard InChI is InChI=1S/C43H66N14O13/c1-4-23(2)16-35(62)49-27(10-12-32(45)59)40(67)52-30-19-36(63)53-54-57(42(30)69)31(11-13-34(61)48-20-37(64)50-28(39(47)66)18-25-6-8-26(58)9-7-25)43(70)55(15-5-14-44)22-38(65)51-29-17-24(3)56(41(29)68)21-33(46)60/h6-9,23-24,27-31,54,58H,4-5,10-22,44H2,1-3H3,(H2,45,59)(H2,46,60)(H2,47,66)(H,48,61)(H,49,62)(H,50,64)(H,51,65)(H,52,67)(H,53,63)/t23-,24?,27-,28-,29-,30-,31-/m0/s1. The van der Waals surface area contributed by atoms with Crippen LogP contribution in [-0.2, 0) is 64.0 Å². The molecule has 0 aromatic heterocycles. The number of nitrogens with two attached hydrogens (primary N) is 4. The molecule has 0 aliphatic carbocycles. The summed E-state index contributed by atoms with van der Waals surface area (Å²) < 4.78 is 0. The van der Waals surface area contributed by atoms with E-state index in [4.69, 9.17) is 22.9 Å². The highest BCUT2D eigenvalue weighted by molar-refractivity contribution is 5.99.